The minimum atomic E-state index is -1.67. The molecular weight excluding hydrogens is 763 g/mol. The van der Waals surface area contributed by atoms with Crippen molar-refractivity contribution < 1.29 is 50.0 Å². The third-order valence-electron chi connectivity index (χ3n) is 12.3. The number of hydrogen-bond acceptors (Lipinski definition) is 10. The first-order valence-corrected chi connectivity index (χ1v) is 25.1. The normalized spacial score (nSPS) is 21.6. The summed E-state index contributed by atoms with van der Waals surface area (Å²) in [5.41, 5.74) is 0. The molecule has 0 aliphatic carbocycles. The van der Waals surface area contributed by atoms with Crippen molar-refractivity contribution in [3.8, 4) is 0 Å². The highest BCUT2D eigenvalue weighted by Crippen LogP contribution is 2.23. The molecule has 1 aliphatic heterocycles. The van der Waals surface area contributed by atoms with Gasteiger partial charge < -0.3 is 50.5 Å². The second kappa shape index (κ2) is 39.4. The zero-order valence-electron chi connectivity index (χ0n) is 38.5. The number of hydrogen-bond donors (Lipinski definition) is 8. The highest BCUT2D eigenvalue weighted by atomic mass is 16.7. The van der Waals surface area contributed by atoms with Gasteiger partial charge in [0.1, 0.15) is 36.6 Å². The number of nitrogens with one attached hydrogen (secondary N) is 1. The molecule has 1 heterocycles. The Balaban J connectivity index is 2.39. The zero-order chi connectivity index (χ0) is 44.1. The van der Waals surface area contributed by atoms with E-state index in [9.17, 15) is 40.5 Å². The lowest BCUT2D eigenvalue weighted by molar-refractivity contribution is -0.303. The first-order valence-electron chi connectivity index (χ1n) is 25.1. The molecular formula is C49H95NO10. The van der Waals surface area contributed by atoms with Crippen molar-refractivity contribution in [3.05, 3.63) is 12.2 Å². The molecule has 1 aliphatic rings. The van der Waals surface area contributed by atoms with E-state index in [0.29, 0.717) is 6.42 Å². The monoisotopic (exact) mass is 858 g/mol. The molecule has 0 bridgehead atoms. The molecule has 0 aromatic heterocycles. The van der Waals surface area contributed by atoms with Gasteiger partial charge in [-0.2, -0.15) is 0 Å². The van der Waals surface area contributed by atoms with Crippen LogP contribution in [0.4, 0.5) is 0 Å². The Kier molecular flexibility index (Phi) is 37.4. The Morgan fingerprint density at radius 3 is 1.43 bits per heavy atom. The lowest BCUT2D eigenvalue weighted by Gasteiger charge is -2.40. The maximum absolute atomic E-state index is 13.1. The Morgan fingerprint density at radius 2 is 1.00 bits per heavy atom. The zero-order valence-corrected chi connectivity index (χ0v) is 38.5. The van der Waals surface area contributed by atoms with Gasteiger partial charge in [0.15, 0.2) is 6.29 Å². The fourth-order valence-electron chi connectivity index (χ4n) is 8.14. The van der Waals surface area contributed by atoms with Gasteiger partial charge in [0.05, 0.1) is 25.4 Å². The maximum atomic E-state index is 13.1. The number of carbonyl (C=O) groups is 1. The van der Waals surface area contributed by atoms with Crippen molar-refractivity contribution in [1.82, 2.24) is 5.32 Å². The first-order chi connectivity index (χ1) is 29.2. The number of carbonyl (C=O) groups excluding carboxylic acids is 1. The second-order valence-corrected chi connectivity index (χ2v) is 17.9. The quantitative estimate of drug-likeness (QED) is 0.0218. The van der Waals surface area contributed by atoms with Crippen LogP contribution < -0.4 is 5.32 Å². The summed E-state index contributed by atoms with van der Waals surface area (Å²) in [6.07, 6.45) is 31.3. The number of aliphatic hydroxyl groups is 7. The number of aliphatic hydroxyl groups excluding tert-OH is 7. The Bertz CT molecular complexity index is 986. The summed E-state index contributed by atoms with van der Waals surface area (Å²) >= 11 is 0. The average molecular weight is 858 g/mol. The molecule has 0 aromatic carbocycles. The number of ether oxygens (including phenoxy) is 2. The van der Waals surface area contributed by atoms with E-state index in [1.807, 2.05) is 12.2 Å². The number of allylic oxidation sites excluding steroid dienone is 1. The van der Waals surface area contributed by atoms with E-state index in [1.165, 1.54) is 154 Å². The number of unbranched alkanes of at least 4 members (excludes halogenated alkanes) is 29. The Labute approximate surface area is 366 Å². The van der Waals surface area contributed by atoms with Crippen LogP contribution >= 0.6 is 0 Å². The summed E-state index contributed by atoms with van der Waals surface area (Å²) < 4.78 is 11.1. The van der Waals surface area contributed by atoms with Gasteiger partial charge in [-0.05, 0) is 25.7 Å². The molecule has 1 amide bonds. The summed E-state index contributed by atoms with van der Waals surface area (Å²) in [6.45, 7) is 3.42. The van der Waals surface area contributed by atoms with Gasteiger partial charge in [-0.3, -0.25) is 4.79 Å². The highest BCUT2D eigenvalue weighted by molar-refractivity contribution is 5.80. The van der Waals surface area contributed by atoms with Crippen molar-refractivity contribution in [3.63, 3.8) is 0 Å². The number of rotatable bonds is 42. The van der Waals surface area contributed by atoms with Crippen LogP contribution in [0.1, 0.15) is 226 Å². The van der Waals surface area contributed by atoms with Crippen LogP contribution in [0.3, 0.4) is 0 Å². The maximum Gasteiger partial charge on any atom is 0.249 e. The summed E-state index contributed by atoms with van der Waals surface area (Å²) in [4.78, 5) is 13.1. The lowest BCUT2D eigenvalue weighted by Crippen LogP contribution is -2.60. The molecule has 1 rings (SSSR count). The minimum Gasteiger partial charge on any atom is -0.394 e. The van der Waals surface area contributed by atoms with Gasteiger partial charge in [-0.25, -0.2) is 0 Å². The van der Waals surface area contributed by atoms with E-state index >= 15 is 0 Å². The van der Waals surface area contributed by atoms with Crippen LogP contribution in [-0.4, -0.2) is 110 Å². The molecule has 11 heteroatoms. The van der Waals surface area contributed by atoms with Crippen LogP contribution in [0.25, 0.3) is 0 Å². The van der Waals surface area contributed by atoms with Gasteiger partial charge in [0, 0.05) is 0 Å². The Morgan fingerprint density at radius 1 is 0.583 bits per heavy atom. The van der Waals surface area contributed by atoms with Gasteiger partial charge >= 0.3 is 0 Å². The minimum absolute atomic E-state index is 0.132. The van der Waals surface area contributed by atoms with E-state index in [-0.39, 0.29) is 12.8 Å². The molecule has 11 nitrogen and oxygen atoms in total. The largest absolute Gasteiger partial charge is 0.394 e. The topological polar surface area (TPSA) is 189 Å². The van der Waals surface area contributed by atoms with Crippen molar-refractivity contribution in [2.24, 2.45) is 0 Å². The molecule has 8 N–H and O–H groups in total. The SMILES string of the molecule is CCCCCCCCCCCC/C=C/C[C@@H](O)[C@@H](O)[C@H](CO[C@@H]1O[C@H](CO)[C@H](O)[C@H](O)[C@H]1O)NC(=O)[C@H](O)CCCCCCCCCCCCCCCCCCCCCC. The predicted octanol–water partition coefficient (Wildman–Crippen LogP) is 8.84. The number of amides is 1. The van der Waals surface area contributed by atoms with Crippen LogP contribution in [0.15, 0.2) is 12.2 Å². The van der Waals surface area contributed by atoms with E-state index in [1.54, 1.807) is 0 Å². The predicted molar refractivity (Wildman–Crippen MR) is 243 cm³/mol. The van der Waals surface area contributed by atoms with Crippen LogP contribution in [0, 0.1) is 0 Å². The van der Waals surface area contributed by atoms with E-state index in [2.05, 4.69) is 19.2 Å². The van der Waals surface area contributed by atoms with Crippen LogP contribution in [0.5, 0.6) is 0 Å². The molecule has 0 spiro atoms. The highest BCUT2D eigenvalue weighted by Gasteiger charge is 2.44. The molecule has 0 radical (unpaired) electrons. The first kappa shape index (κ1) is 56.9. The van der Waals surface area contributed by atoms with Gasteiger partial charge in [-0.1, -0.05) is 212 Å². The third kappa shape index (κ3) is 28.5. The molecule has 1 saturated heterocycles. The molecule has 1 fully saturated rings. The summed E-state index contributed by atoms with van der Waals surface area (Å²) in [5, 5.41) is 75.6. The molecule has 9 atom stereocenters. The summed E-state index contributed by atoms with van der Waals surface area (Å²) in [6, 6.07) is -1.19. The van der Waals surface area contributed by atoms with Gasteiger partial charge in [-0.15, -0.1) is 0 Å². The van der Waals surface area contributed by atoms with Gasteiger partial charge in [0.25, 0.3) is 0 Å². The van der Waals surface area contributed by atoms with E-state index in [4.69, 9.17) is 9.47 Å². The van der Waals surface area contributed by atoms with Crippen LogP contribution in [0.2, 0.25) is 0 Å². The van der Waals surface area contributed by atoms with Crippen molar-refractivity contribution >= 4 is 5.91 Å². The molecule has 356 valence electrons. The van der Waals surface area contributed by atoms with Gasteiger partial charge in [0.2, 0.25) is 5.91 Å². The standard InChI is InChI=1S/C49H95NO10/c1-3-5-7-9-11-13-15-17-18-19-20-21-22-23-25-27-29-31-33-35-37-42(53)48(58)50-40(39-59-49-47(57)46(56)45(55)43(38-51)60-49)44(54)41(52)36-34-32-30-28-26-24-16-14-12-10-8-6-4-2/h32,34,40-47,49,51-57H,3-31,33,35-39H2,1-2H3,(H,50,58)/b34-32+/t40-,41+,42+,43+,44-,45-,46-,47+,49+/m0/s1. The molecule has 0 unspecified atom stereocenters. The van der Waals surface area contributed by atoms with Crippen molar-refractivity contribution in [2.45, 2.75) is 281 Å². The lowest BCUT2D eigenvalue weighted by atomic mass is 9.99. The summed E-state index contributed by atoms with van der Waals surface area (Å²) in [5.74, 6) is -0.710. The Hall–Kier alpha value is -1.15. The summed E-state index contributed by atoms with van der Waals surface area (Å²) in [7, 11) is 0. The molecule has 0 aromatic rings. The smallest absolute Gasteiger partial charge is 0.249 e. The van der Waals surface area contributed by atoms with Crippen molar-refractivity contribution in [1.29, 1.82) is 0 Å². The third-order valence-corrected chi connectivity index (χ3v) is 12.3. The van der Waals surface area contributed by atoms with E-state index in [0.717, 1.165) is 38.5 Å². The van der Waals surface area contributed by atoms with Crippen LogP contribution in [-0.2, 0) is 14.3 Å². The van der Waals surface area contributed by atoms with E-state index < -0.39 is 74.2 Å². The second-order valence-electron chi connectivity index (χ2n) is 17.9. The fraction of sp³-hybridized carbons (Fsp3) is 0.939. The fourth-order valence-corrected chi connectivity index (χ4v) is 8.14. The van der Waals surface area contributed by atoms with Crippen molar-refractivity contribution in [2.75, 3.05) is 13.2 Å². The molecule has 60 heavy (non-hydrogen) atoms. The molecule has 0 saturated carbocycles. The average Bonchev–Trinajstić information content (AvgIpc) is 3.25.